The van der Waals surface area contributed by atoms with Crippen LogP contribution < -0.4 is 10.6 Å². The van der Waals surface area contributed by atoms with E-state index in [4.69, 9.17) is 11.6 Å². The molecule has 3 aromatic rings. The fourth-order valence-corrected chi connectivity index (χ4v) is 2.57. The third kappa shape index (κ3) is 4.74. The second kappa shape index (κ2) is 8.36. The number of aromatic nitrogens is 1. The van der Waals surface area contributed by atoms with E-state index >= 15 is 0 Å². The van der Waals surface area contributed by atoms with Gasteiger partial charge in [-0.15, -0.1) is 0 Å². The molecule has 5 nitrogen and oxygen atoms in total. The molecule has 2 N–H and O–H groups in total. The van der Waals surface area contributed by atoms with Gasteiger partial charge in [-0.3, -0.25) is 9.59 Å². The Kier molecular flexibility index (Phi) is 5.71. The van der Waals surface area contributed by atoms with E-state index in [0.29, 0.717) is 17.1 Å². The smallest absolute Gasteiger partial charge is 0.251 e. The van der Waals surface area contributed by atoms with Crippen LogP contribution in [-0.4, -0.2) is 22.9 Å². The molecule has 6 heteroatoms. The third-order valence-corrected chi connectivity index (χ3v) is 4.08. The monoisotopic (exact) mass is 367 g/mol. The Morgan fingerprint density at radius 2 is 1.65 bits per heavy atom. The minimum Gasteiger partial charge on any atom is -0.350 e. The molecular weight excluding hydrogens is 350 g/mol. The van der Waals surface area contributed by atoms with Crippen molar-refractivity contribution in [3.63, 3.8) is 0 Å². The summed E-state index contributed by atoms with van der Waals surface area (Å²) in [4.78, 5) is 24.2. The number of nitrogens with one attached hydrogen (secondary N) is 2. The maximum Gasteiger partial charge on any atom is 0.251 e. The molecule has 26 heavy (non-hydrogen) atoms. The van der Waals surface area contributed by atoms with Gasteiger partial charge in [0.2, 0.25) is 5.91 Å². The van der Waals surface area contributed by atoms with E-state index in [2.05, 4.69) is 10.6 Å². The van der Waals surface area contributed by atoms with Crippen LogP contribution in [0.25, 0.3) is 5.69 Å². The average Bonchev–Trinajstić information content (AvgIpc) is 3.20. The van der Waals surface area contributed by atoms with E-state index in [1.807, 2.05) is 53.4 Å². The lowest BCUT2D eigenvalue weighted by Gasteiger charge is -2.09. The van der Waals surface area contributed by atoms with Crippen molar-refractivity contribution in [2.24, 2.45) is 0 Å². The highest BCUT2D eigenvalue weighted by atomic mass is 35.5. The van der Waals surface area contributed by atoms with Crippen LogP contribution in [-0.2, 0) is 11.3 Å². The lowest BCUT2D eigenvalue weighted by molar-refractivity contribution is -0.120. The highest BCUT2D eigenvalue weighted by Crippen LogP contribution is 2.11. The highest BCUT2D eigenvalue weighted by Gasteiger charge is 2.09. The lowest BCUT2D eigenvalue weighted by Crippen LogP contribution is -2.36. The second-order valence-corrected chi connectivity index (χ2v) is 6.16. The van der Waals surface area contributed by atoms with Crippen LogP contribution in [0.15, 0.2) is 73.1 Å². The van der Waals surface area contributed by atoms with E-state index in [-0.39, 0.29) is 18.4 Å². The predicted molar refractivity (Wildman–Crippen MR) is 101 cm³/mol. The van der Waals surface area contributed by atoms with Crippen LogP contribution in [0.4, 0.5) is 0 Å². The van der Waals surface area contributed by atoms with Gasteiger partial charge in [0.25, 0.3) is 5.91 Å². The van der Waals surface area contributed by atoms with E-state index in [0.717, 1.165) is 11.3 Å². The van der Waals surface area contributed by atoms with Crippen molar-refractivity contribution in [1.82, 2.24) is 15.2 Å². The van der Waals surface area contributed by atoms with Gasteiger partial charge in [-0.1, -0.05) is 29.8 Å². The molecule has 0 aliphatic heterocycles. The zero-order chi connectivity index (χ0) is 18.4. The summed E-state index contributed by atoms with van der Waals surface area (Å²) < 4.78 is 1.91. The van der Waals surface area contributed by atoms with Crippen LogP contribution in [0.2, 0.25) is 5.02 Å². The Hall–Kier alpha value is -3.05. The number of carbonyl (C=O) groups is 2. The molecule has 132 valence electrons. The Morgan fingerprint density at radius 3 is 2.38 bits per heavy atom. The third-order valence-electron chi connectivity index (χ3n) is 3.82. The van der Waals surface area contributed by atoms with Crippen molar-refractivity contribution >= 4 is 23.4 Å². The summed E-state index contributed by atoms with van der Waals surface area (Å²) in [5.41, 5.74) is 2.32. The summed E-state index contributed by atoms with van der Waals surface area (Å²) in [6.45, 7) is 0.301. The Morgan fingerprint density at radius 1 is 0.923 bits per heavy atom. The molecular formula is C20H18ClN3O2. The van der Waals surface area contributed by atoms with Crippen molar-refractivity contribution in [3.05, 3.63) is 89.2 Å². The molecule has 3 rings (SSSR count). The molecule has 2 aromatic carbocycles. The van der Waals surface area contributed by atoms with Gasteiger partial charge in [0.1, 0.15) is 0 Å². The van der Waals surface area contributed by atoms with E-state index in [1.165, 1.54) is 0 Å². The highest BCUT2D eigenvalue weighted by molar-refractivity contribution is 6.30. The number of halogens is 1. The molecule has 0 radical (unpaired) electrons. The first-order valence-corrected chi connectivity index (χ1v) is 8.52. The van der Waals surface area contributed by atoms with Gasteiger partial charge in [-0.2, -0.15) is 0 Å². The number of benzene rings is 2. The van der Waals surface area contributed by atoms with Crippen LogP contribution in [0, 0.1) is 0 Å². The predicted octanol–water partition coefficient (Wildman–Crippen LogP) is 3.18. The first-order chi connectivity index (χ1) is 12.6. The largest absolute Gasteiger partial charge is 0.350 e. The van der Waals surface area contributed by atoms with E-state index in [1.54, 1.807) is 24.3 Å². The minimum absolute atomic E-state index is 0.0832. The molecule has 0 unspecified atom stereocenters. The number of hydrogen-bond acceptors (Lipinski definition) is 2. The molecule has 1 aromatic heterocycles. The molecule has 0 spiro atoms. The Bertz CT molecular complexity index is 890. The minimum atomic E-state index is -0.291. The maximum absolute atomic E-state index is 12.3. The summed E-state index contributed by atoms with van der Waals surface area (Å²) >= 11 is 5.82. The summed E-state index contributed by atoms with van der Waals surface area (Å²) in [6.07, 6.45) is 3.81. The van der Waals surface area contributed by atoms with Crippen molar-refractivity contribution in [2.75, 3.05) is 6.54 Å². The van der Waals surface area contributed by atoms with Crippen molar-refractivity contribution in [1.29, 1.82) is 0 Å². The number of hydrogen-bond donors (Lipinski definition) is 2. The molecule has 2 amide bonds. The van der Waals surface area contributed by atoms with Gasteiger partial charge in [0, 0.05) is 35.2 Å². The molecule has 0 atom stereocenters. The fraction of sp³-hybridized carbons (Fsp3) is 0.100. The van der Waals surface area contributed by atoms with Gasteiger partial charge in [-0.25, -0.2) is 0 Å². The number of amides is 2. The van der Waals surface area contributed by atoms with E-state index in [9.17, 15) is 9.59 Å². The van der Waals surface area contributed by atoms with Crippen LogP contribution in [0.1, 0.15) is 15.9 Å². The Balaban J connectivity index is 1.51. The molecule has 0 fully saturated rings. The van der Waals surface area contributed by atoms with E-state index < -0.39 is 0 Å². The summed E-state index contributed by atoms with van der Waals surface area (Å²) in [5.74, 6) is -0.546. The van der Waals surface area contributed by atoms with Crippen LogP contribution >= 0.6 is 11.6 Å². The number of nitrogens with zero attached hydrogens (tertiary/aromatic N) is 1. The number of rotatable bonds is 6. The van der Waals surface area contributed by atoms with Crippen molar-refractivity contribution < 1.29 is 9.59 Å². The normalized spacial score (nSPS) is 10.3. The quantitative estimate of drug-likeness (QED) is 0.703. The van der Waals surface area contributed by atoms with Gasteiger partial charge < -0.3 is 15.2 Å². The standard InChI is InChI=1S/C20H18ClN3O2/c21-17-8-6-15(7-9-17)13-22-19(25)14-23-20(26)16-4-3-5-18(12-16)24-10-1-2-11-24/h1-12H,13-14H2,(H,22,25)(H,23,26). The first kappa shape index (κ1) is 17.8. The molecule has 0 saturated carbocycles. The zero-order valence-corrected chi connectivity index (χ0v) is 14.7. The van der Waals surface area contributed by atoms with Gasteiger partial charge in [0.15, 0.2) is 0 Å². The SMILES string of the molecule is O=C(CNC(=O)c1cccc(-n2cccc2)c1)NCc1ccc(Cl)cc1. The Labute approximate surface area is 156 Å². The fourth-order valence-electron chi connectivity index (χ4n) is 2.44. The summed E-state index contributed by atoms with van der Waals surface area (Å²) in [7, 11) is 0. The second-order valence-electron chi connectivity index (χ2n) is 5.73. The summed E-state index contributed by atoms with van der Waals surface area (Å²) in [5, 5.41) is 6.04. The topological polar surface area (TPSA) is 63.1 Å². The summed E-state index contributed by atoms with van der Waals surface area (Å²) in [6, 6.07) is 18.3. The molecule has 1 heterocycles. The lowest BCUT2D eigenvalue weighted by atomic mass is 10.2. The zero-order valence-electron chi connectivity index (χ0n) is 14.0. The van der Waals surface area contributed by atoms with Crippen molar-refractivity contribution in [2.45, 2.75) is 6.54 Å². The van der Waals surface area contributed by atoms with Crippen LogP contribution in [0.3, 0.4) is 0 Å². The first-order valence-electron chi connectivity index (χ1n) is 8.14. The van der Waals surface area contributed by atoms with Gasteiger partial charge in [-0.05, 0) is 48.0 Å². The van der Waals surface area contributed by atoms with Gasteiger partial charge in [0.05, 0.1) is 6.54 Å². The maximum atomic E-state index is 12.3. The molecule has 0 bridgehead atoms. The number of carbonyl (C=O) groups excluding carboxylic acids is 2. The van der Waals surface area contributed by atoms with Crippen LogP contribution in [0.5, 0.6) is 0 Å². The molecule has 0 saturated heterocycles. The average molecular weight is 368 g/mol. The molecule has 0 aliphatic rings. The molecule has 0 aliphatic carbocycles. The van der Waals surface area contributed by atoms with Gasteiger partial charge >= 0.3 is 0 Å². The van der Waals surface area contributed by atoms with Crippen molar-refractivity contribution in [3.8, 4) is 5.69 Å².